The molecule has 2 unspecified atom stereocenters. The molecule has 0 aromatic carbocycles. The van der Waals surface area contributed by atoms with Gasteiger partial charge in [-0.1, -0.05) is 26.0 Å². The molecule has 0 heterocycles. The van der Waals surface area contributed by atoms with Gasteiger partial charge in [0, 0.05) is 25.9 Å². The SMILES string of the molecule is C=C(CC(=O)NC(CCC(=O)O)C(=O)N[C@@H](CCCCN)C(=O)NCCCCCCNC(=O)[C@H](CCCCN)NC(=O)C(CCC(=O)O)NC(=O)CC(=C)OO)OO. The Hall–Kier alpha value is -5.32. The van der Waals surface area contributed by atoms with Crippen molar-refractivity contribution in [2.45, 2.75) is 127 Å². The molecule has 22 nitrogen and oxygen atoms in total. The number of hydrogen-bond donors (Lipinski definition) is 12. The Balaban J connectivity index is 5.16. The van der Waals surface area contributed by atoms with Gasteiger partial charge in [-0.3, -0.25) is 38.4 Å². The van der Waals surface area contributed by atoms with Crippen LogP contribution in [0.2, 0.25) is 0 Å². The summed E-state index contributed by atoms with van der Waals surface area (Å²) in [6, 6.07) is -4.60. The summed E-state index contributed by atoms with van der Waals surface area (Å²) in [5, 5.41) is 51.0. The molecule has 6 amide bonds. The van der Waals surface area contributed by atoms with E-state index in [0.29, 0.717) is 64.5 Å². The normalized spacial score (nSPS) is 12.7. The molecule has 330 valence electrons. The molecule has 0 rings (SSSR count). The second kappa shape index (κ2) is 31.7. The lowest BCUT2D eigenvalue weighted by molar-refractivity contribution is -0.205. The summed E-state index contributed by atoms with van der Waals surface area (Å²) in [5.74, 6) is -7.05. The first kappa shape index (κ1) is 52.7. The summed E-state index contributed by atoms with van der Waals surface area (Å²) in [6.45, 7) is 7.86. The second-order valence-corrected chi connectivity index (χ2v) is 13.4. The Morgan fingerprint density at radius 3 is 1.14 bits per heavy atom. The average molecular weight is 831 g/mol. The molecule has 4 atom stereocenters. The molecule has 14 N–H and O–H groups in total. The first-order valence-corrected chi connectivity index (χ1v) is 19.1. The highest BCUT2D eigenvalue weighted by molar-refractivity contribution is 5.93. The van der Waals surface area contributed by atoms with E-state index in [4.69, 9.17) is 32.2 Å². The Labute approximate surface area is 337 Å². The Kier molecular flexibility index (Phi) is 28.8. The predicted octanol–water partition coefficient (Wildman–Crippen LogP) is -0.507. The van der Waals surface area contributed by atoms with Gasteiger partial charge in [-0.25, -0.2) is 10.5 Å². The van der Waals surface area contributed by atoms with Crippen molar-refractivity contribution >= 4 is 47.4 Å². The van der Waals surface area contributed by atoms with Crippen LogP contribution in [0.1, 0.15) is 103 Å². The number of nitrogens with two attached hydrogens (primary N) is 2. The largest absolute Gasteiger partial charge is 0.481 e. The molecule has 58 heavy (non-hydrogen) atoms. The lowest BCUT2D eigenvalue weighted by atomic mass is 10.1. The van der Waals surface area contributed by atoms with E-state index in [1.807, 2.05) is 0 Å². The summed E-state index contributed by atoms with van der Waals surface area (Å²) >= 11 is 0. The summed E-state index contributed by atoms with van der Waals surface area (Å²) < 4.78 is 0. The fraction of sp³-hybridized carbons (Fsp3) is 0.667. The van der Waals surface area contributed by atoms with Crippen molar-refractivity contribution in [2.24, 2.45) is 11.5 Å². The number of carboxylic acids is 2. The van der Waals surface area contributed by atoms with Crippen LogP contribution in [0.15, 0.2) is 24.7 Å². The molecular weight excluding hydrogens is 768 g/mol. The van der Waals surface area contributed by atoms with E-state index < -0.39 is 97.2 Å². The third-order valence-electron chi connectivity index (χ3n) is 8.43. The second-order valence-electron chi connectivity index (χ2n) is 13.4. The number of nitrogens with one attached hydrogen (secondary N) is 6. The zero-order valence-corrected chi connectivity index (χ0v) is 32.9. The van der Waals surface area contributed by atoms with E-state index in [0.717, 1.165) is 0 Å². The third kappa shape index (κ3) is 25.8. The van der Waals surface area contributed by atoms with Crippen molar-refractivity contribution < 1.29 is 68.9 Å². The Bertz CT molecular complexity index is 1270. The molecule has 0 aliphatic carbocycles. The zero-order chi connectivity index (χ0) is 43.9. The summed E-state index contributed by atoms with van der Waals surface area (Å²) in [4.78, 5) is 107. The smallest absolute Gasteiger partial charge is 0.303 e. The highest BCUT2D eigenvalue weighted by atomic mass is 17.1. The van der Waals surface area contributed by atoms with E-state index in [1.54, 1.807) is 0 Å². The molecule has 0 aromatic rings. The van der Waals surface area contributed by atoms with Gasteiger partial charge in [-0.15, -0.1) is 0 Å². The topological polar surface area (TPSA) is 360 Å². The maximum atomic E-state index is 13.1. The predicted molar refractivity (Wildman–Crippen MR) is 207 cm³/mol. The summed E-state index contributed by atoms with van der Waals surface area (Å²) in [6.07, 6.45) is 2.59. The van der Waals surface area contributed by atoms with Crippen molar-refractivity contribution in [3.8, 4) is 0 Å². The van der Waals surface area contributed by atoms with E-state index >= 15 is 0 Å². The number of hydrogen-bond acceptors (Lipinski definition) is 14. The first-order chi connectivity index (χ1) is 27.6. The van der Waals surface area contributed by atoms with Crippen LogP contribution in [0.25, 0.3) is 0 Å². The zero-order valence-electron chi connectivity index (χ0n) is 32.9. The molecular formula is C36H62N8O14. The van der Waals surface area contributed by atoms with Gasteiger partial charge in [0.15, 0.2) is 0 Å². The average Bonchev–Trinajstić information content (AvgIpc) is 3.17. The molecule has 0 radical (unpaired) electrons. The Morgan fingerprint density at radius 2 is 0.828 bits per heavy atom. The minimum absolute atomic E-state index is 0.227. The quantitative estimate of drug-likeness (QED) is 0.0166. The van der Waals surface area contributed by atoms with E-state index in [9.17, 15) is 38.4 Å². The number of amides is 6. The van der Waals surface area contributed by atoms with Gasteiger partial charge in [-0.2, -0.15) is 0 Å². The molecule has 0 aromatic heterocycles. The third-order valence-corrected chi connectivity index (χ3v) is 8.43. The molecule has 0 bridgehead atoms. The molecule has 0 saturated heterocycles. The van der Waals surface area contributed by atoms with Crippen LogP contribution >= 0.6 is 0 Å². The van der Waals surface area contributed by atoms with Crippen LogP contribution in [0.3, 0.4) is 0 Å². The molecule has 0 spiro atoms. The van der Waals surface area contributed by atoms with Crippen LogP contribution in [-0.2, 0) is 48.1 Å². The number of rotatable bonds is 35. The highest BCUT2D eigenvalue weighted by Crippen LogP contribution is 2.09. The summed E-state index contributed by atoms with van der Waals surface area (Å²) in [7, 11) is 0. The van der Waals surface area contributed by atoms with Crippen molar-refractivity contribution in [3.63, 3.8) is 0 Å². The van der Waals surface area contributed by atoms with Crippen LogP contribution in [0, 0.1) is 0 Å². The molecule has 0 fully saturated rings. The van der Waals surface area contributed by atoms with Crippen molar-refractivity contribution in [2.75, 3.05) is 26.2 Å². The van der Waals surface area contributed by atoms with Crippen molar-refractivity contribution in [1.82, 2.24) is 31.9 Å². The maximum absolute atomic E-state index is 13.1. The lowest BCUT2D eigenvalue weighted by Gasteiger charge is -2.23. The van der Waals surface area contributed by atoms with Crippen molar-refractivity contribution in [1.29, 1.82) is 0 Å². The van der Waals surface area contributed by atoms with Gasteiger partial charge in [0.2, 0.25) is 35.4 Å². The lowest BCUT2D eigenvalue weighted by Crippen LogP contribution is -2.54. The number of unbranched alkanes of at least 4 members (excludes halogenated alkanes) is 5. The number of aliphatic carboxylic acids is 2. The van der Waals surface area contributed by atoms with Gasteiger partial charge < -0.3 is 63.4 Å². The summed E-state index contributed by atoms with van der Waals surface area (Å²) in [5.41, 5.74) is 11.2. The highest BCUT2D eigenvalue weighted by Gasteiger charge is 2.29. The van der Waals surface area contributed by atoms with Crippen LogP contribution < -0.4 is 43.4 Å². The molecule has 0 saturated carbocycles. The monoisotopic (exact) mass is 830 g/mol. The maximum Gasteiger partial charge on any atom is 0.303 e. The fourth-order valence-electron chi connectivity index (χ4n) is 5.33. The van der Waals surface area contributed by atoms with Crippen LogP contribution in [-0.4, -0.2) is 118 Å². The van der Waals surface area contributed by atoms with Crippen molar-refractivity contribution in [3.05, 3.63) is 24.7 Å². The van der Waals surface area contributed by atoms with E-state index in [-0.39, 0.29) is 50.3 Å². The van der Waals surface area contributed by atoms with Gasteiger partial charge in [-0.05, 0) is 77.3 Å². The first-order valence-electron chi connectivity index (χ1n) is 19.1. The number of carbonyl (C=O) groups is 8. The minimum Gasteiger partial charge on any atom is -0.481 e. The fourth-order valence-corrected chi connectivity index (χ4v) is 5.33. The van der Waals surface area contributed by atoms with Gasteiger partial charge in [0.1, 0.15) is 35.7 Å². The number of carboxylic acid groups (broad SMARTS) is 2. The van der Waals surface area contributed by atoms with Gasteiger partial charge in [0.05, 0.1) is 12.8 Å². The van der Waals surface area contributed by atoms with E-state index in [2.05, 4.69) is 54.8 Å². The van der Waals surface area contributed by atoms with Gasteiger partial charge >= 0.3 is 11.9 Å². The molecule has 0 aliphatic rings. The number of carbonyl (C=O) groups excluding carboxylic acids is 6. The molecule has 22 heteroatoms. The molecule has 0 aliphatic heterocycles. The van der Waals surface area contributed by atoms with Crippen LogP contribution in [0.5, 0.6) is 0 Å². The van der Waals surface area contributed by atoms with E-state index in [1.165, 1.54) is 0 Å². The van der Waals surface area contributed by atoms with Gasteiger partial charge in [0.25, 0.3) is 0 Å². The standard InChI is InChI=1S/C36H62N8O14/c1-23(57-55)21-29(45)41-27(13-15-31(47)48)35(53)43-25(11-5-7-17-37)33(51)39-19-9-3-4-10-20-40-34(52)26(12-6-8-18-38)44-36(54)28(14-16-32(49)50)42-30(46)22-24(2)58-56/h25-28,55-56H,1-22,37-38H2,(H,39,51)(H,40,52)(H,41,45)(H,42,46)(H,43,53)(H,44,54)(H,47,48)(H,49,50)/t25-,26-,27?,28?/m0/s1. The minimum atomic E-state index is -1.30. The van der Waals surface area contributed by atoms with Crippen LogP contribution in [0.4, 0.5) is 0 Å². The Morgan fingerprint density at radius 1 is 0.483 bits per heavy atom.